The number of ether oxygens (including phenoxy) is 1. The second-order valence-electron chi connectivity index (χ2n) is 4.25. The van der Waals surface area contributed by atoms with Crippen LogP contribution in [0.15, 0.2) is 29.4 Å². The van der Waals surface area contributed by atoms with Crippen LogP contribution in [0, 0.1) is 0 Å². The Morgan fingerprint density at radius 1 is 1.25 bits per heavy atom. The number of morpholine rings is 1. The molecule has 0 spiro atoms. The van der Waals surface area contributed by atoms with Gasteiger partial charge in [-0.3, -0.25) is 9.59 Å². The van der Waals surface area contributed by atoms with Crippen molar-refractivity contribution in [3.8, 4) is 0 Å². The third kappa shape index (κ3) is 3.79. The number of carbonyl (C=O) groups is 2. The molecule has 20 heavy (non-hydrogen) atoms. The first kappa shape index (κ1) is 14.0. The first-order chi connectivity index (χ1) is 9.66. The smallest absolute Gasteiger partial charge is 0.329 e. The summed E-state index contributed by atoms with van der Waals surface area (Å²) >= 11 is 0. The molecule has 1 fully saturated rings. The van der Waals surface area contributed by atoms with Gasteiger partial charge >= 0.3 is 11.8 Å². The van der Waals surface area contributed by atoms with E-state index in [9.17, 15) is 9.59 Å². The zero-order valence-electron chi connectivity index (χ0n) is 10.9. The molecule has 106 valence electrons. The Morgan fingerprint density at radius 2 is 1.90 bits per heavy atom. The third-order valence-corrected chi connectivity index (χ3v) is 2.87. The van der Waals surface area contributed by atoms with Crippen molar-refractivity contribution in [1.82, 2.24) is 5.43 Å². The molecule has 0 bridgehead atoms. The average Bonchev–Trinajstić information content (AvgIpc) is 2.48. The molecule has 1 aromatic rings. The minimum Gasteiger partial charge on any atom is -0.378 e. The van der Waals surface area contributed by atoms with Crippen LogP contribution >= 0.6 is 0 Å². The normalized spacial score (nSPS) is 15.3. The van der Waals surface area contributed by atoms with Crippen molar-refractivity contribution in [2.45, 2.75) is 0 Å². The van der Waals surface area contributed by atoms with Gasteiger partial charge in [0, 0.05) is 18.8 Å². The minimum atomic E-state index is -1.06. The van der Waals surface area contributed by atoms with Crippen molar-refractivity contribution < 1.29 is 14.3 Å². The van der Waals surface area contributed by atoms with Gasteiger partial charge in [-0.2, -0.15) is 5.10 Å². The van der Waals surface area contributed by atoms with E-state index in [4.69, 9.17) is 10.5 Å². The van der Waals surface area contributed by atoms with Gasteiger partial charge in [0.05, 0.1) is 19.4 Å². The van der Waals surface area contributed by atoms with Crippen LogP contribution in [0.4, 0.5) is 5.69 Å². The van der Waals surface area contributed by atoms with Gasteiger partial charge in [-0.05, 0) is 17.7 Å². The molecule has 1 aromatic carbocycles. The molecule has 0 aromatic heterocycles. The predicted octanol–water partition coefficient (Wildman–Crippen LogP) is -0.541. The number of nitrogens with zero attached hydrogens (tertiary/aromatic N) is 2. The van der Waals surface area contributed by atoms with E-state index in [1.54, 1.807) is 0 Å². The molecular weight excluding hydrogens is 260 g/mol. The first-order valence-corrected chi connectivity index (χ1v) is 6.22. The van der Waals surface area contributed by atoms with Crippen LogP contribution in [0.2, 0.25) is 0 Å². The monoisotopic (exact) mass is 276 g/mol. The summed E-state index contributed by atoms with van der Waals surface area (Å²) in [6.45, 7) is 3.23. The first-order valence-electron chi connectivity index (χ1n) is 6.22. The zero-order chi connectivity index (χ0) is 14.4. The molecule has 3 N–H and O–H groups in total. The van der Waals surface area contributed by atoms with Gasteiger partial charge in [0.25, 0.3) is 0 Å². The summed E-state index contributed by atoms with van der Waals surface area (Å²) in [6.07, 6.45) is 1.45. The molecule has 7 heteroatoms. The van der Waals surface area contributed by atoms with Crippen LogP contribution in [0.25, 0.3) is 0 Å². The van der Waals surface area contributed by atoms with Gasteiger partial charge in [-0.25, -0.2) is 5.43 Å². The molecule has 0 aliphatic carbocycles. The molecule has 0 radical (unpaired) electrons. The quantitative estimate of drug-likeness (QED) is 0.440. The Kier molecular flexibility index (Phi) is 4.67. The fourth-order valence-corrected chi connectivity index (χ4v) is 1.81. The molecule has 1 saturated heterocycles. The second kappa shape index (κ2) is 6.67. The van der Waals surface area contributed by atoms with E-state index in [-0.39, 0.29) is 0 Å². The maximum Gasteiger partial charge on any atom is 0.329 e. The molecule has 1 heterocycles. The lowest BCUT2D eigenvalue weighted by Crippen LogP contribution is -2.36. The van der Waals surface area contributed by atoms with Gasteiger partial charge in [0.2, 0.25) is 0 Å². The summed E-state index contributed by atoms with van der Waals surface area (Å²) in [5, 5.41) is 3.65. The van der Waals surface area contributed by atoms with Gasteiger partial charge in [0.15, 0.2) is 0 Å². The van der Waals surface area contributed by atoms with Crippen molar-refractivity contribution >= 4 is 23.7 Å². The number of primary amides is 1. The van der Waals surface area contributed by atoms with Crippen LogP contribution in [0.1, 0.15) is 5.56 Å². The van der Waals surface area contributed by atoms with Crippen LogP contribution < -0.4 is 16.1 Å². The highest BCUT2D eigenvalue weighted by Crippen LogP contribution is 2.15. The Bertz CT molecular complexity index is 507. The van der Waals surface area contributed by atoms with Crippen molar-refractivity contribution in [3.63, 3.8) is 0 Å². The fourth-order valence-electron chi connectivity index (χ4n) is 1.81. The van der Waals surface area contributed by atoms with E-state index in [0.717, 1.165) is 37.6 Å². The second-order valence-corrected chi connectivity index (χ2v) is 4.25. The fraction of sp³-hybridized carbons (Fsp3) is 0.308. The van der Waals surface area contributed by atoms with Gasteiger partial charge < -0.3 is 15.4 Å². The minimum absolute atomic E-state index is 0.738. The summed E-state index contributed by atoms with van der Waals surface area (Å²) in [7, 11) is 0. The summed E-state index contributed by atoms with van der Waals surface area (Å²) in [5.41, 5.74) is 8.74. The van der Waals surface area contributed by atoms with E-state index >= 15 is 0 Å². The van der Waals surface area contributed by atoms with E-state index in [1.807, 2.05) is 29.7 Å². The summed E-state index contributed by atoms with van der Waals surface area (Å²) < 4.78 is 5.30. The molecule has 0 unspecified atom stereocenters. The van der Waals surface area contributed by atoms with Gasteiger partial charge in [0.1, 0.15) is 0 Å². The van der Waals surface area contributed by atoms with E-state index < -0.39 is 11.8 Å². The summed E-state index contributed by atoms with van der Waals surface area (Å²) in [6, 6.07) is 7.71. The van der Waals surface area contributed by atoms with Crippen LogP contribution in [0.5, 0.6) is 0 Å². The zero-order valence-corrected chi connectivity index (χ0v) is 10.9. The molecule has 0 saturated carbocycles. The van der Waals surface area contributed by atoms with Gasteiger partial charge in [-0.1, -0.05) is 12.1 Å². The molecule has 1 aliphatic rings. The maximum atomic E-state index is 10.9. The maximum absolute atomic E-state index is 10.9. The number of carbonyl (C=O) groups excluding carboxylic acids is 2. The average molecular weight is 276 g/mol. The van der Waals surface area contributed by atoms with E-state index in [2.05, 4.69) is 10.0 Å². The van der Waals surface area contributed by atoms with Crippen LogP contribution in [-0.2, 0) is 14.3 Å². The lowest BCUT2D eigenvalue weighted by atomic mass is 10.2. The van der Waals surface area contributed by atoms with Crippen molar-refractivity contribution in [3.05, 3.63) is 29.8 Å². The topological polar surface area (TPSA) is 97.0 Å². The number of hydrogen-bond acceptors (Lipinski definition) is 5. The molecule has 7 nitrogen and oxygen atoms in total. The Balaban J connectivity index is 1.92. The largest absolute Gasteiger partial charge is 0.378 e. The van der Waals surface area contributed by atoms with Crippen molar-refractivity contribution in [2.24, 2.45) is 10.8 Å². The van der Waals surface area contributed by atoms with Crippen LogP contribution in [-0.4, -0.2) is 44.3 Å². The van der Waals surface area contributed by atoms with E-state index in [0.29, 0.717) is 0 Å². The lowest BCUT2D eigenvalue weighted by Gasteiger charge is -2.28. The summed E-state index contributed by atoms with van der Waals surface area (Å²) in [4.78, 5) is 23.6. The SMILES string of the molecule is NC(=O)C(=O)NN=Cc1ccc(N2CCOCC2)cc1. The van der Waals surface area contributed by atoms with Gasteiger partial charge in [-0.15, -0.1) is 0 Å². The Morgan fingerprint density at radius 3 is 2.50 bits per heavy atom. The summed E-state index contributed by atoms with van der Waals surface area (Å²) in [5.74, 6) is -2.00. The number of amides is 2. The van der Waals surface area contributed by atoms with Crippen molar-refractivity contribution in [1.29, 1.82) is 0 Å². The Hall–Kier alpha value is -2.41. The highest BCUT2D eigenvalue weighted by atomic mass is 16.5. The number of rotatable bonds is 3. The number of anilines is 1. The molecule has 2 rings (SSSR count). The lowest BCUT2D eigenvalue weighted by molar-refractivity contribution is -0.137. The number of hydrazone groups is 1. The third-order valence-electron chi connectivity index (χ3n) is 2.87. The molecule has 0 atom stereocenters. The highest BCUT2D eigenvalue weighted by Gasteiger charge is 2.10. The molecule has 1 aliphatic heterocycles. The molecular formula is C13H16N4O3. The van der Waals surface area contributed by atoms with Crippen LogP contribution in [0.3, 0.4) is 0 Å². The number of nitrogens with one attached hydrogen (secondary N) is 1. The number of benzene rings is 1. The number of nitrogens with two attached hydrogens (primary N) is 1. The number of hydrogen-bond donors (Lipinski definition) is 2. The molecule has 2 amide bonds. The standard InChI is InChI=1S/C13H16N4O3/c14-12(18)13(19)16-15-9-10-1-3-11(4-2-10)17-5-7-20-8-6-17/h1-4,9H,5-8H2,(H2,14,18)(H,16,19). The highest BCUT2D eigenvalue weighted by molar-refractivity contribution is 6.34. The van der Waals surface area contributed by atoms with Crippen molar-refractivity contribution in [2.75, 3.05) is 31.2 Å². The van der Waals surface area contributed by atoms with E-state index in [1.165, 1.54) is 6.21 Å². The Labute approximate surface area is 116 Å². The predicted molar refractivity (Wildman–Crippen MR) is 74.4 cm³/mol.